The summed E-state index contributed by atoms with van der Waals surface area (Å²) < 4.78 is 53.0. The lowest BCUT2D eigenvalue weighted by atomic mass is 10.1. The van der Waals surface area contributed by atoms with Gasteiger partial charge in [-0.2, -0.15) is 13.2 Å². The normalized spacial score (nSPS) is 13.4. The Morgan fingerprint density at radius 3 is 2.57 bits per heavy atom. The second kappa shape index (κ2) is 9.08. The molecule has 35 heavy (non-hydrogen) atoms. The van der Waals surface area contributed by atoms with Crippen LogP contribution >= 0.6 is 0 Å². The first-order valence-corrected chi connectivity index (χ1v) is 10.2. The number of carbonyl (C=O) groups excluding carboxylic acids is 2. The van der Waals surface area contributed by atoms with Crippen molar-refractivity contribution < 1.29 is 27.2 Å². The summed E-state index contributed by atoms with van der Waals surface area (Å²) in [5.74, 6) is -0.211. The van der Waals surface area contributed by atoms with Gasteiger partial charge in [0.15, 0.2) is 0 Å². The standard InChI is InChI=1S/C22H19F4N7O2/c1-27-19-7-18-12(8-29-19)11-33(21(35)32(18)2)15-3-4-16(23)17(6-15)31-20(34)30-14-5-13(9-28-10-14)22(24,25)26/h3-10H,11H2,1-2H3,(H,27,29)(H2,30,31,34). The smallest absolute Gasteiger partial charge is 0.373 e. The molecular formula is C22H19F4N7O2. The minimum absolute atomic E-state index is 0.155. The van der Waals surface area contributed by atoms with Gasteiger partial charge in [-0.3, -0.25) is 14.8 Å². The summed E-state index contributed by atoms with van der Waals surface area (Å²) in [6, 6.07) is 4.76. The van der Waals surface area contributed by atoms with Gasteiger partial charge in [-0.05, 0) is 24.3 Å². The maximum Gasteiger partial charge on any atom is 0.417 e. The molecule has 3 aromatic rings. The predicted octanol–water partition coefficient (Wildman–Crippen LogP) is 4.90. The first kappa shape index (κ1) is 23.7. The van der Waals surface area contributed by atoms with Gasteiger partial charge in [-0.1, -0.05) is 0 Å². The van der Waals surface area contributed by atoms with E-state index in [4.69, 9.17) is 0 Å². The summed E-state index contributed by atoms with van der Waals surface area (Å²) in [5, 5.41) is 7.34. The second-order valence-electron chi connectivity index (χ2n) is 7.58. The molecule has 0 unspecified atom stereocenters. The van der Waals surface area contributed by atoms with Crippen LogP contribution in [0.4, 0.5) is 55.7 Å². The molecule has 0 radical (unpaired) electrons. The summed E-state index contributed by atoms with van der Waals surface area (Å²) in [7, 11) is 3.30. The molecule has 3 heterocycles. The van der Waals surface area contributed by atoms with E-state index in [0.29, 0.717) is 29.5 Å². The zero-order valence-corrected chi connectivity index (χ0v) is 18.4. The lowest BCUT2D eigenvalue weighted by molar-refractivity contribution is -0.137. The minimum Gasteiger partial charge on any atom is -0.373 e. The molecule has 9 nitrogen and oxygen atoms in total. The highest BCUT2D eigenvalue weighted by molar-refractivity contribution is 6.06. The molecule has 13 heteroatoms. The van der Waals surface area contributed by atoms with Gasteiger partial charge in [0.25, 0.3) is 0 Å². The first-order chi connectivity index (χ1) is 16.6. The van der Waals surface area contributed by atoms with Crippen molar-refractivity contribution in [3.8, 4) is 0 Å². The van der Waals surface area contributed by atoms with Crippen molar-refractivity contribution in [1.29, 1.82) is 0 Å². The maximum absolute atomic E-state index is 14.4. The Bertz CT molecular complexity index is 1300. The molecule has 1 aliphatic rings. The fraction of sp³-hybridized carbons (Fsp3) is 0.182. The summed E-state index contributed by atoms with van der Waals surface area (Å²) in [5.41, 5.74) is 0.159. The van der Waals surface area contributed by atoms with Gasteiger partial charge < -0.3 is 16.0 Å². The fourth-order valence-corrected chi connectivity index (χ4v) is 3.49. The van der Waals surface area contributed by atoms with Crippen molar-refractivity contribution in [2.75, 3.05) is 39.8 Å². The lowest BCUT2D eigenvalue weighted by Crippen LogP contribution is -2.45. The fourth-order valence-electron chi connectivity index (χ4n) is 3.49. The molecule has 3 N–H and O–H groups in total. The van der Waals surface area contributed by atoms with E-state index in [2.05, 4.69) is 25.9 Å². The van der Waals surface area contributed by atoms with Gasteiger partial charge in [-0.15, -0.1) is 0 Å². The number of urea groups is 2. The molecule has 0 spiro atoms. The van der Waals surface area contributed by atoms with Gasteiger partial charge in [0.2, 0.25) is 0 Å². The third-order valence-corrected chi connectivity index (χ3v) is 5.26. The summed E-state index contributed by atoms with van der Waals surface area (Å²) in [6.45, 7) is 0.155. The monoisotopic (exact) mass is 489 g/mol. The average Bonchev–Trinajstić information content (AvgIpc) is 2.82. The highest BCUT2D eigenvalue weighted by Crippen LogP contribution is 2.34. The third kappa shape index (κ3) is 4.93. The number of fused-ring (bicyclic) bond motifs is 1. The van der Waals surface area contributed by atoms with E-state index in [0.717, 1.165) is 17.8 Å². The Hall–Kier alpha value is -4.42. The maximum atomic E-state index is 14.4. The number of pyridine rings is 2. The summed E-state index contributed by atoms with van der Waals surface area (Å²) in [6.07, 6.45) is -1.38. The summed E-state index contributed by atoms with van der Waals surface area (Å²) >= 11 is 0. The molecular weight excluding hydrogens is 470 g/mol. The molecule has 4 rings (SSSR count). The van der Waals surface area contributed by atoms with Crippen molar-refractivity contribution in [1.82, 2.24) is 9.97 Å². The van der Waals surface area contributed by atoms with Crippen LogP contribution in [-0.4, -0.2) is 36.1 Å². The third-order valence-electron chi connectivity index (χ3n) is 5.26. The molecule has 0 saturated heterocycles. The molecule has 1 aromatic carbocycles. The Morgan fingerprint density at radius 1 is 1.09 bits per heavy atom. The van der Waals surface area contributed by atoms with Gasteiger partial charge in [0.1, 0.15) is 11.6 Å². The Kier molecular flexibility index (Phi) is 6.16. The number of benzene rings is 1. The Labute approximate surface area is 196 Å². The topological polar surface area (TPSA) is 102 Å². The molecule has 1 aliphatic heterocycles. The number of aromatic nitrogens is 2. The van der Waals surface area contributed by atoms with E-state index < -0.39 is 23.6 Å². The number of hydrogen-bond donors (Lipinski definition) is 3. The zero-order valence-electron chi connectivity index (χ0n) is 18.4. The number of nitrogens with zero attached hydrogens (tertiary/aromatic N) is 4. The van der Waals surface area contributed by atoms with Crippen molar-refractivity contribution >= 4 is 40.6 Å². The number of anilines is 5. The molecule has 0 bridgehead atoms. The van der Waals surface area contributed by atoms with Crippen LogP contribution in [0.25, 0.3) is 0 Å². The highest BCUT2D eigenvalue weighted by atomic mass is 19.4. The second-order valence-corrected chi connectivity index (χ2v) is 7.58. The van der Waals surface area contributed by atoms with Gasteiger partial charge in [0, 0.05) is 43.8 Å². The van der Waals surface area contributed by atoms with Gasteiger partial charge in [0.05, 0.1) is 35.4 Å². The lowest BCUT2D eigenvalue weighted by Gasteiger charge is -2.35. The average molecular weight is 489 g/mol. The van der Waals surface area contributed by atoms with E-state index in [1.54, 1.807) is 26.4 Å². The van der Waals surface area contributed by atoms with Crippen LogP contribution in [0.15, 0.2) is 48.9 Å². The van der Waals surface area contributed by atoms with E-state index >= 15 is 0 Å². The molecule has 4 amide bonds. The van der Waals surface area contributed by atoms with Crippen LogP contribution in [-0.2, 0) is 12.7 Å². The van der Waals surface area contributed by atoms with Crippen LogP contribution in [0.2, 0.25) is 0 Å². The highest BCUT2D eigenvalue weighted by Gasteiger charge is 2.32. The molecule has 2 aromatic heterocycles. The number of rotatable bonds is 4. The Balaban J connectivity index is 1.54. The first-order valence-electron chi connectivity index (χ1n) is 10.2. The molecule has 182 valence electrons. The largest absolute Gasteiger partial charge is 0.417 e. The number of hydrogen-bond acceptors (Lipinski definition) is 5. The summed E-state index contributed by atoms with van der Waals surface area (Å²) in [4.78, 5) is 35.8. The van der Waals surface area contributed by atoms with E-state index in [1.807, 2.05) is 0 Å². The van der Waals surface area contributed by atoms with Gasteiger partial charge >= 0.3 is 18.2 Å². The van der Waals surface area contributed by atoms with E-state index in [-0.39, 0.29) is 24.0 Å². The van der Waals surface area contributed by atoms with Gasteiger partial charge in [-0.25, -0.2) is 19.0 Å². The van der Waals surface area contributed by atoms with E-state index in [9.17, 15) is 27.2 Å². The van der Waals surface area contributed by atoms with E-state index in [1.165, 1.54) is 21.9 Å². The number of halogens is 4. The van der Waals surface area contributed by atoms with Crippen LogP contribution in [0, 0.1) is 5.82 Å². The van der Waals surface area contributed by atoms with Crippen molar-refractivity contribution in [2.45, 2.75) is 12.7 Å². The van der Waals surface area contributed by atoms with Crippen molar-refractivity contribution in [2.24, 2.45) is 0 Å². The van der Waals surface area contributed by atoms with Crippen molar-refractivity contribution in [3.05, 3.63) is 65.9 Å². The SMILES string of the molecule is CNc1cc2c(cn1)CN(c1ccc(F)c(NC(=O)Nc3cncc(C(F)(F)F)c3)c1)C(=O)N2C. The number of nitrogens with one attached hydrogen (secondary N) is 3. The zero-order chi connectivity index (χ0) is 25.3. The minimum atomic E-state index is -4.64. The van der Waals surface area contributed by atoms with Crippen LogP contribution < -0.4 is 25.8 Å². The molecule has 0 fully saturated rings. The van der Waals surface area contributed by atoms with Crippen LogP contribution in [0.1, 0.15) is 11.1 Å². The quantitative estimate of drug-likeness (QED) is 0.453. The van der Waals surface area contributed by atoms with Crippen molar-refractivity contribution in [3.63, 3.8) is 0 Å². The number of amides is 4. The van der Waals surface area contributed by atoms with Crippen LogP contribution in [0.5, 0.6) is 0 Å². The molecule has 0 atom stereocenters. The molecule has 0 aliphatic carbocycles. The predicted molar refractivity (Wildman–Crippen MR) is 122 cm³/mol. The number of alkyl halides is 3. The molecule has 0 saturated carbocycles. The Morgan fingerprint density at radius 2 is 1.86 bits per heavy atom. The van der Waals surface area contributed by atoms with Crippen LogP contribution in [0.3, 0.4) is 0 Å². The number of carbonyl (C=O) groups is 2.